The zero-order valence-electron chi connectivity index (χ0n) is 10.3. The Morgan fingerprint density at radius 1 is 1.21 bits per heavy atom. The van der Waals surface area contributed by atoms with Crippen LogP contribution >= 0.6 is 0 Å². The molecule has 0 radical (unpaired) electrons. The first kappa shape index (κ1) is 11.6. The number of fused-ring (bicyclic) bond motifs is 1. The molecule has 0 saturated heterocycles. The van der Waals surface area contributed by atoms with Crippen molar-refractivity contribution >= 4 is 5.97 Å². The molecule has 1 aliphatic rings. The lowest BCUT2D eigenvalue weighted by Gasteiger charge is -2.16. The molecule has 0 amide bonds. The summed E-state index contributed by atoms with van der Waals surface area (Å²) in [6.07, 6.45) is 0. The van der Waals surface area contributed by atoms with Gasteiger partial charge in [-0.15, -0.1) is 0 Å². The Morgan fingerprint density at radius 2 is 1.95 bits per heavy atom. The van der Waals surface area contributed by atoms with Crippen molar-refractivity contribution < 1.29 is 23.9 Å². The number of nitrogens with zero attached hydrogens (tertiary/aromatic N) is 1. The van der Waals surface area contributed by atoms with E-state index in [1.165, 1.54) is 6.07 Å². The Hall–Kier alpha value is -2.50. The van der Waals surface area contributed by atoms with Crippen molar-refractivity contribution in [1.29, 1.82) is 0 Å². The minimum Gasteiger partial charge on any atom is -0.476 e. The van der Waals surface area contributed by atoms with E-state index < -0.39 is 11.8 Å². The van der Waals surface area contributed by atoms with E-state index in [1.807, 2.05) is 13.8 Å². The molecule has 0 saturated carbocycles. The molecular formula is C13H11NO5. The Morgan fingerprint density at radius 3 is 2.63 bits per heavy atom. The fourth-order valence-corrected chi connectivity index (χ4v) is 1.89. The maximum Gasteiger partial charge on any atom is 0.358 e. The van der Waals surface area contributed by atoms with Crippen LogP contribution in [-0.4, -0.2) is 22.0 Å². The first-order chi connectivity index (χ1) is 8.94. The van der Waals surface area contributed by atoms with Gasteiger partial charge in [0.15, 0.2) is 23.0 Å². The summed E-state index contributed by atoms with van der Waals surface area (Å²) < 4.78 is 16.2. The van der Waals surface area contributed by atoms with Gasteiger partial charge in [-0.2, -0.15) is 0 Å². The molecule has 6 nitrogen and oxygen atoms in total. The van der Waals surface area contributed by atoms with Crippen LogP contribution in [0, 0.1) is 0 Å². The van der Waals surface area contributed by atoms with Crippen LogP contribution in [0.4, 0.5) is 0 Å². The standard InChI is InChI=1S/C13H11NO5/c1-13(2)17-9-4-3-7(5-11(9)18-13)10-6-8(12(15)16)14-19-10/h3-6H,1-2H3,(H,15,16). The number of rotatable bonds is 2. The number of carbonyl (C=O) groups is 1. The van der Waals surface area contributed by atoms with Gasteiger partial charge in [0.1, 0.15) is 0 Å². The van der Waals surface area contributed by atoms with E-state index in [4.69, 9.17) is 19.1 Å². The van der Waals surface area contributed by atoms with E-state index in [0.717, 1.165) is 0 Å². The number of benzene rings is 1. The zero-order valence-corrected chi connectivity index (χ0v) is 10.3. The minimum atomic E-state index is -1.13. The SMILES string of the molecule is CC1(C)Oc2ccc(-c3cc(C(=O)O)no3)cc2O1. The van der Waals surface area contributed by atoms with Gasteiger partial charge in [0, 0.05) is 25.5 Å². The summed E-state index contributed by atoms with van der Waals surface area (Å²) >= 11 is 0. The van der Waals surface area contributed by atoms with Gasteiger partial charge in [0.05, 0.1) is 0 Å². The predicted molar refractivity (Wildman–Crippen MR) is 64.2 cm³/mol. The van der Waals surface area contributed by atoms with Crippen LogP contribution in [0.5, 0.6) is 11.5 Å². The van der Waals surface area contributed by atoms with E-state index >= 15 is 0 Å². The quantitative estimate of drug-likeness (QED) is 0.894. The highest BCUT2D eigenvalue weighted by Crippen LogP contribution is 2.41. The van der Waals surface area contributed by atoms with Crippen molar-refractivity contribution in [1.82, 2.24) is 5.16 Å². The smallest absolute Gasteiger partial charge is 0.358 e. The maximum atomic E-state index is 10.8. The number of hydrogen-bond donors (Lipinski definition) is 1. The summed E-state index contributed by atoms with van der Waals surface area (Å²) in [6.45, 7) is 3.62. The monoisotopic (exact) mass is 261 g/mol. The van der Waals surface area contributed by atoms with Gasteiger partial charge in [-0.25, -0.2) is 4.79 Å². The second kappa shape index (κ2) is 3.74. The van der Waals surface area contributed by atoms with Crippen LogP contribution in [0.3, 0.4) is 0 Å². The van der Waals surface area contributed by atoms with Crippen LogP contribution in [0.2, 0.25) is 0 Å². The highest BCUT2D eigenvalue weighted by molar-refractivity contribution is 5.86. The fraction of sp³-hybridized carbons (Fsp3) is 0.231. The molecule has 1 aromatic heterocycles. The third kappa shape index (κ3) is 2.01. The number of ether oxygens (including phenoxy) is 2. The van der Waals surface area contributed by atoms with Gasteiger partial charge in [-0.1, -0.05) is 5.16 Å². The highest BCUT2D eigenvalue weighted by atomic mass is 16.7. The van der Waals surface area contributed by atoms with E-state index in [2.05, 4.69) is 5.16 Å². The van der Waals surface area contributed by atoms with Crippen molar-refractivity contribution in [3.8, 4) is 22.8 Å². The third-order valence-electron chi connectivity index (χ3n) is 2.67. The molecule has 98 valence electrons. The molecule has 2 aromatic rings. The molecule has 3 rings (SSSR count). The van der Waals surface area contributed by atoms with Crippen LogP contribution in [0.25, 0.3) is 11.3 Å². The summed E-state index contributed by atoms with van der Waals surface area (Å²) in [5, 5.41) is 12.3. The second-order valence-electron chi connectivity index (χ2n) is 4.65. The van der Waals surface area contributed by atoms with Crippen molar-refractivity contribution in [2.75, 3.05) is 0 Å². The number of hydrogen-bond acceptors (Lipinski definition) is 5. The number of aromatic carboxylic acids is 1. The van der Waals surface area contributed by atoms with Crippen LogP contribution < -0.4 is 9.47 Å². The molecule has 6 heteroatoms. The molecule has 0 fully saturated rings. The minimum absolute atomic E-state index is 0.131. The summed E-state index contributed by atoms with van der Waals surface area (Å²) in [5.74, 6) is -0.220. The number of carboxylic acids is 1. The van der Waals surface area contributed by atoms with Crippen molar-refractivity contribution in [3.63, 3.8) is 0 Å². The molecule has 0 bridgehead atoms. The predicted octanol–water partition coefficient (Wildman–Crippen LogP) is 2.55. The number of aromatic nitrogens is 1. The molecule has 0 unspecified atom stereocenters. The first-order valence-electron chi connectivity index (χ1n) is 5.67. The largest absolute Gasteiger partial charge is 0.476 e. The lowest BCUT2D eigenvalue weighted by Crippen LogP contribution is -2.29. The summed E-state index contributed by atoms with van der Waals surface area (Å²) in [6, 6.07) is 6.61. The lowest BCUT2D eigenvalue weighted by molar-refractivity contribution is -0.0431. The molecule has 0 aliphatic carbocycles. The average Bonchev–Trinajstić information content (AvgIpc) is 2.89. The Kier molecular flexibility index (Phi) is 2.28. The molecule has 1 aliphatic heterocycles. The second-order valence-corrected chi connectivity index (χ2v) is 4.65. The Bertz CT molecular complexity index is 659. The van der Waals surface area contributed by atoms with Crippen LogP contribution in [0.1, 0.15) is 24.3 Å². The van der Waals surface area contributed by atoms with Gasteiger partial charge in [-0.05, 0) is 18.2 Å². The summed E-state index contributed by atoms with van der Waals surface area (Å²) in [4.78, 5) is 10.8. The maximum absolute atomic E-state index is 10.8. The van der Waals surface area contributed by atoms with Crippen LogP contribution in [0.15, 0.2) is 28.8 Å². The molecule has 19 heavy (non-hydrogen) atoms. The fourth-order valence-electron chi connectivity index (χ4n) is 1.89. The normalized spacial score (nSPS) is 15.5. The molecule has 0 atom stereocenters. The molecule has 0 spiro atoms. The van der Waals surface area contributed by atoms with Crippen LogP contribution in [-0.2, 0) is 0 Å². The summed E-state index contributed by atoms with van der Waals surface area (Å²) in [5.41, 5.74) is 0.549. The molecular weight excluding hydrogens is 250 g/mol. The first-order valence-corrected chi connectivity index (χ1v) is 5.67. The zero-order chi connectivity index (χ0) is 13.6. The van der Waals surface area contributed by atoms with E-state index in [0.29, 0.717) is 22.8 Å². The van der Waals surface area contributed by atoms with E-state index in [1.54, 1.807) is 18.2 Å². The van der Waals surface area contributed by atoms with Gasteiger partial charge >= 0.3 is 5.97 Å². The van der Waals surface area contributed by atoms with Crippen molar-refractivity contribution in [2.24, 2.45) is 0 Å². The van der Waals surface area contributed by atoms with Gasteiger partial charge < -0.3 is 19.1 Å². The average molecular weight is 261 g/mol. The highest BCUT2D eigenvalue weighted by Gasteiger charge is 2.31. The Balaban J connectivity index is 1.97. The van der Waals surface area contributed by atoms with Gasteiger partial charge in [0.2, 0.25) is 5.79 Å². The molecule has 1 N–H and O–H groups in total. The molecule has 2 heterocycles. The van der Waals surface area contributed by atoms with Gasteiger partial charge in [-0.3, -0.25) is 0 Å². The van der Waals surface area contributed by atoms with Crippen molar-refractivity contribution in [3.05, 3.63) is 30.0 Å². The third-order valence-corrected chi connectivity index (χ3v) is 2.67. The van der Waals surface area contributed by atoms with Gasteiger partial charge in [0.25, 0.3) is 0 Å². The van der Waals surface area contributed by atoms with E-state index in [9.17, 15) is 4.79 Å². The summed E-state index contributed by atoms with van der Waals surface area (Å²) in [7, 11) is 0. The Labute approximate surface area is 108 Å². The topological polar surface area (TPSA) is 81.8 Å². The lowest BCUT2D eigenvalue weighted by atomic mass is 10.1. The van der Waals surface area contributed by atoms with Crippen molar-refractivity contribution in [2.45, 2.75) is 19.6 Å². The molecule has 1 aromatic carbocycles. The van der Waals surface area contributed by atoms with E-state index in [-0.39, 0.29) is 5.69 Å². The number of carboxylic acid groups (broad SMARTS) is 1.